The molecule has 31 heavy (non-hydrogen) atoms. The summed E-state index contributed by atoms with van der Waals surface area (Å²) in [6, 6.07) is 0. The molecule has 0 amide bonds. The lowest BCUT2D eigenvalue weighted by Gasteiger charge is -2.29. The number of aliphatic hydroxyl groups excluding tert-OH is 2. The van der Waals surface area contributed by atoms with Crippen molar-refractivity contribution >= 4 is 17.0 Å². The van der Waals surface area contributed by atoms with Crippen molar-refractivity contribution in [3.63, 3.8) is 0 Å². The summed E-state index contributed by atoms with van der Waals surface area (Å²) in [6.45, 7) is 1.15. The molecule has 10 nitrogen and oxygen atoms in total. The molecule has 2 aromatic heterocycles. The first-order valence-electron chi connectivity index (χ1n) is 10.8. The topological polar surface area (TPSA) is 145 Å². The van der Waals surface area contributed by atoms with E-state index in [1.807, 2.05) is 6.20 Å². The Bertz CT molecular complexity index is 1040. The number of aromatic amines is 1. The standard InChI is InChI=1S/C21H28N4O6/c22-21-23-18-17(19(28)24-21)13(9-25(18)16-8-14(27)15(10-26)31-16)11-2-4-12(5-3-11)20-29-6-1-7-30-20/h4,9,11,14-16,20,26-27H,1-3,5-8,10H2,(H3,22,23,24,28)/t11?,14?,15-,16?/m1/s1. The fourth-order valence-corrected chi connectivity index (χ4v) is 4.83. The Kier molecular flexibility index (Phi) is 5.57. The van der Waals surface area contributed by atoms with Crippen LogP contribution < -0.4 is 11.3 Å². The van der Waals surface area contributed by atoms with Crippen LogP contribution >= 0.6 is 0 Å². The first-order chi connectivity index (χ1) is 15.0. The summed E-state index contributed by atoms with van der Waals surface area (Å²) >= 11 is 0. The fraction of sp³-hybridized carbons (Fsp3) is 0.619. The van der Waals surface area contributed by atoms with Gasteiger partial charge in [0, 0.05) is 12.6 Å². The lowest BCUT2D eigenvalue weighted by atomic mass is 9.84. The molecule has 10 heteroatoms. The largest absolute Gasteiger partial charge is 0.394 e. The molecule has 0 bridgehead atoms. The van der Waals surface area contributed by atoms with Crippen LogP contribution in [0, 0.1) is 0 Å². The number of rotatable bonds is 4. The molecule has 2 aromatic rings. The van der Waals surface area contributed by atoms with E-state index in [1.54, 1.807) is 4.57 Å². The highest BCUT2D eigenvalue weighted by molar-refractivity contribution is 5.81. The van der Waals surface area contributed by atoms with Crippen LogP contribution in [-0.4, -0.2) is 63.1 Å². The number of nitrogens with two attached hydrogens (primary N) is 1. The smallest absolute Gasteiger partial charge is 0.262 e. The Hall–Kier alpha value is -2.24. The number of ether oxygens (including phenoxy) is 3. The number of nitrogens with zero attached hydrogens (tertiary/aromatic N) is 2. The molecule has 2 fully saturated rings. The molecule has 5 N–H and O–H groups in total. The van der Waals surface area contributed by atoms with Crippen molar-refractivity contribution < 1.29 is 24.4 Å². The normalized spacial score (nSPS) is 30.1. The van der Waals surface area contributed by atoms with E-state index >= 15 is 0 Å². The Morgan fingerprint density at radius 3 is 2.81 bits per heavy atom. The number of nitrogens with one attached hydrogen (secondary N) is 1. The van der Waals surface area contributed by atoms with Crippen molar-refractivity contribution in [2.45, 2.75) is 62.7 Å². The Labute approximate surface area is 178 Å². The summed E-state index contributed by atoms with van der Waals surface area (Å²) in [6.07, 6.45) is 5.46. The molecule has 0 radical (unpaired) electrons. The average Bonchev–Trinajstić information content (AvgIpc) is 3.35. The molecule has 0 spiro atoms. The summed E-state index contributed by atoms with van der Waals surface area (Å²) in [5, 5.41) is 20.1. The van der Waals surface area contributed by atoms with E-state index in [9.17, 15) is 15.0 Å². The molecular weight excluding hydrogens is 404 g/mol. The van der Waals surface area contributed by atoms with Gasteiger partial charge in [0.25, 0.3) is 5.56 Å². The van der Waals surface area contributed by atoms with Crippen molar-refractivity contribution in [3.05, 3.63) is 33.8 Å². The highest BCUT2D eigenvalue weighted by atomic mass is 16.7. The quantitative estimate of drug-likeness (QED) is 0.522. The molecule has 4 atom stereocenters. The second-order valence-corrected chi connectivity index (χ2v) is 8.43. The van der Waals surface area contributed by atoms with Crippen molar-refractivity contribution in [2.75, 3.05) is 25.6 Å². The van der Waals surface area contributed by atoms with Crippen LogP contribution in [0.3, 0.4) is 0 Å². The number of hydrogen-bond donors (Lipinski definition) is 4. The van der Waals surface area contributed by atoms with Gasteiger partial charge in [0.05, 0.1) is 31.3 Å². The molecule has 2 saturated heterocycles. The second kappa shape index (κ2) is 8.36. The van der Waals surface area contributed by atoms with E-state index in [0.29, 0.717) is 30.7 Å². The summed E-state index contributed by atoms with van der Waals surface area (Å²) < 4.78 is 19.0. The maximum Gasteiger partial charge on any atom is 0.262 e. The first-order valence-corrected chi connectivity index (χ1v) is 10.8. The van der Waals surface area contributed by atoms with E-state index in [0.717, 1.165) is 36.8 Å². The van der Waals surface area contributed by atoms with Crippen LogP contribution in [0.1, 0.15) is 49.8 Å². The molecule has 1 aliphatic carbocycles. The maximum absolute atomic E-state index is 12.8. The van der Waals surface area contributed by atoms with Gasteiger partial charge in [-0.05, 0) is 42.7 Å². The summed E-state index contributed by atoms with van der Waals surface area (Å²) in [7, 11) is 0. The molecule has 3 aliphatic rings. The van der Waals surface area contributed by atoms with Gasteiger partial charge in [-0.1, -0.05) is 6.08 Å². The van der Waals surface area contributed by atoms with E-state index < -0.39 is 18.4 Å². The van der Waals surface area contributed by atoms with Gasteiger partial charge >= 0.3 is 0 Å². The van der Waals surface area contributed by atoms with Gasteiger partial charge in [-0.25, -0.2) is 0 Å². The predicted octanol–water partition coefficient (Wildman–Crippen LogP) is 0.904. The van der Waals surface area contributed by atoms with E-state index in [1.165, 1.54) is 0 Å². The van der Waals surface area contributed by atoms with Gasteiger partial charge in [0.1, 0.15) is 12.3 Å². The Balaban J connectivity index is 1.48. The van der Waals surface area contributed by atoms with Crippen molar-refractivity contribution in [3.8, 4) is 0 Å². The number of anilines is 1. The van der Waals surface area contributed by atoms with Crippen molar-refractivity contribution in [1.29, 1.82) is 0 Å². The highest BCUT2D eigenvalue weighted by Crippen LogP contribution is 2.39. The van der Waals surface area contributed by atoms with Gasteiger partial charge in [0.15, 0.2) is 11.9 Å². The highest BCUT2D eigenvalue weighted by Gasteiger charge is 2.36. The molecule has 2 aliphatic heterocycles. The van der Waals surface area contributed by atoms with Crippen LogP contribution in [0.15, 0.2) is 22.6 Å². The number of H-pyrrole nitrogens is 1. The van der Waals surface area contributed by atoms with Gasteiger partial charge < -0.3 is 34.7 Å². The SMILES string of the molecule is Nc1nc2c(c(C3CC=C(C4OCCCO4)CC3)cn2C2CC(O)[C@@H](CO)O2)c(=O)[nH]1. The molecule has 0 saturated carbocycles. The lowest BCUT2D eigenvalue weighted by Crippen LogP contribution is -2.28. The van der Waals surface area contributed by atoms with Gasteiger partial charge in [-0.3, -0.25) is 9.78 Å². The number of aliphatic hydroxyl groups is 2. The monoisotopic (exact) mass is 432 g/mol. The Morgan fingerprint density at radius 2 is 2.13 bits per heavy atom. The van der Waals surface area contributed by atoms with Crippen LogP contribution in [0.25, 0.3) is 11.0 Å². The number of fused-ring (bicyclic) bond motifs is 1. The van der Waals surface area contributed by atoms with Crippen LogP contribution in [0.4, 0.5) is 5.95 Å². The zero-order chi connectivity index (χ0) is 21.5. The van der Waals surface area contributed by atoms with Gasteiger partial charge in [0.2, 0.25) is 5.95 Å². The third-order valence-corrected chi connectivity index (χ3v) is 6.44. The Morgan fingerprint density at radius 1 is 1.32 bits per heavy atom. The van der Waals surface area contributed by atoms with Crippen LogP contribution in [0.5, 0.6) is 0 Å². The molecule has 4 heterocycles. The number of allylic oxidation sites excluding steroid dienone is 1. The third kappa shape index (κ3) is 3.79. The minimum Gasteiger partial charge on any atom is -0.394 e. The van der Waals surface area contributed by atoms with Crippen molar-refractivity contribution in [2.24, 2.45) is 0 Å². The second-order valence-electron chi connectivity index (χ2n) is 8.43. The van der Waals surface area contributed by atoms with Gasteiger partial charge in [-0.15, -0.1) is 0 Å². The number of nitrogen functional groups attached to an aromatic ring is 1. The number of hydrogen-bond acceptors (Lipinski definition) is 8. The van der Waals surface area contributed by atoms with Crippen LogP contribution in [-0.2, 0) is 14.2 Å². The lowest BCUT2D eigenvalue weighted by molar-refractivity contribution is -0.158. The summed E-state index contributed by atoms with van der Waals surface area (Å²) in [4.78, 5) is 19.8. The van der Waals surface area contributed by atoms with Gasteiger partial charge in [-0.2, -0.15) is 4.98 Å². The molecule has 0 aromatic carbocycles. The molecule has 5 rings (SSSR count). The van der Waals surface area contributed by atoms with Crippen LogP contribution in [0.2, 0.25) is 0 Å². The van der Waals surface area contributed by atoms with E-state index in [-0.39, 0.29) is 30.3 Å². The zero-order valence-corrected chi connectivity index (χ0v) is 17.2. The minimum atomic E-state index is -0.786. The predicted molar refractivity (Wildman–Crippen MR) is 111 cm³/mol. The summed E-state index contributed by atoms with van der Waals surface area (Å²) in [5.74, 6) is 0.153. The summed E-state index contributed by atoms with van der Waals surface area (Å²) in [5.41, 5.74) is 8.00. The average molecular weight is 432 g/mol. The molecule has 3 unspecified atom stereocenters. The molecular formula is C21H28N4O6. The maximum atomic E-state index is 12.8. The minimum absolute atomic E-state index is 0.0260. The molecule has 168 valence electrons. The van der Waals surface area contributed by atoms with E-state index in [2.05, 4.69) is 16.0 Å². The zero-order valence-electron chi connectivity index (χ0n) is 17.2. The third-order valence-electron chi connectivity index (χ3n) is 6.44. The number of aromatic nitrogens is 3. The fourth-order valence-electron chi connectivity index (χ4n) is 4.83. The first kappa shape index (κ1) is 20.7. The van der Waals surface area contributed by atoms with Crippen molar-refractivity contribution in [1.82, 2.24) is 14.5 Å². The van der Waals surface area contributed by atoms with E-state index in [4.69, 9.17) is 19.9 Å².